The first-order valence-electron chi connectivity index (χ1n) is 6.77. The average molecular weight is 367 g/mol. The van der Waals surface area contributed by atoms with Gasteiger partial charge in [-0.25, -0.2) is 0 Å². The fourth-order valence-electron chi connectivity index (χ4n) is 2.05. The molecule has 0 radical (unpaired) electrons. The zero-order valence-electron chi connectivity index (χ0n) is 11.8. The summed E-state index contributed by atoms with van der Waals surface area (Å²) in [4.78, 5) is 12.3. The molecule has 2 aromatic carbocycles. The number of rotatable bonds is 5. The Kier molecular flexibility index (Phi) is 5.83. The Morgan fingerprint density at radius 2 is 1.95 bits per heavy atom. The van der Waals surface area contributed by atoms with Crippen LogP contribution < -0.4 is 5.32 Å². The Hall–Kier alpha value is -1.32. The zero-order chi connectivity index (χ0) is 15.2. The fourth-order valence-corrected chi connectivity index (χ4v) is 2.61. The second-order valence-electron chi connectivity index (χ2n) is 4.98. The molecule has 1 atom stereocenters. The maximum atomic E-state index is 12.3. The van der Waals surface area contributed by atoms with E-state index in [0.717, 1.165) is 22.0 Å². The minimum absolute atomic E-state index is 0.0818. The average Bonchev–Trinajstić information content (AvgIpc) is 2.50. The van der Waals surface area contributed by atoms with Gasteiger partial charge in [-0.15, -0.1) is 11.6 Å². The van der Waals surface area contributed by atoms with E-state index in [0.29, 0.717) is 11.4 Å². The smallest absolute Gasteiger partial charge is 0.251 e. The molecule has 1 amide bonds. The van der Waals surface area contributed by atoms with Crippen molar-refractivity contribution in [2.45, 2.75) is 19.4 Å². The summed E-state index contributed by atoms with van der Waals surface area (Å²) in [6.45, 7) is 1.99. The summed E-state index contributed by atoms with van der Waals surface area (Å²) in [6.07, 6.45) is 0.725. The first-order chi connectivity index (χ1) is 10.1. The highest BCUT2D eigenvalue weighted by atomic mass is 79.9. The lowest BCUT2D eigenvalue weighted by Crippen LogP contribution is -2.37. The van der Waals surface area contributed by atoms with Gasteiger partial charge < -0.3 is 5.32 Å². The maximum Gasteiger partial charge on any atom is 0.251 e. The van der Waals surface area contributed by atoms with Crippen molar-refractivity contribution in [2.24, 2.45) is 0 Å². The van der Waals surface area contributed by atoms with Crippen LogP contribution in [-0.4, -0.2) is 17.8 Å². The molecule has 110 valence electrons. The van der Waals surface area contributed by atoms with Crippen LogP contribution in [0.4, 0.5) is 0 Å². The first-order valence-corrected chi connectivity index (χ1v) is 8.10. The van der Waals surface area contributed by atoms with Crippen molar-refractivity contribution in [2.75, 3.05) is 5.88 Å². The molecule has 0 aliphatic carbocycles. The molecule has 0 aliphatic heterocycles. The van der Waals surface area contributed by atoms with Gasteiger partial charge in [0.25, 0.3) is 5.91 Å². The van der Waals surface area contributed by atoms with Gasteiger partial charge in [-0.2, -0.15) is 0 Å². The van der Waals surface area contributed by atoms with Crippen LogP contribution in [0.2, 0.25) is 0 Å². The summed E-state index contributed by atoms with van der Waals surface area (Å²) in [6, 6.07) is 15.5. The molecule has 2 nitrogen and oxygen atoms in total. The lowest BCUT2D eigenvalue weighted by atomic mass is 10.1. The van der Waals surface area contributed by atoms with E-state index in [-0.39, 0.29) is 11.9 Å². The van der Waals surface area contributed by atoms with E-state index in [1.165, 1.54) is 0 Å². The van der Waals surface area contributed by atoms with E-state index < -0.39 is 0 Å². The first kappa shape index (κ1) is 16.1. The van der Waals surface area contributed by atoms with Crippen LogP contribution in [0.5, 0.6) is 0 Å². The SMILES string of the molecule is Cc1ccc(C(=O)NC(CCl)Cc2ccccc2)cc1Br. The van der Waals surface area contributed by atoms with E-state index in [2.05, 4.69) is 21.2 Å². The molecular weight excluding hydrogens is 350 g/mol. The zero-order valence-corrected chi connectivity index (χ0v) is 14.1. The van der Waals surface area contributed by atoms with Crippen LogP contribution in [0.25, 0.3) is 0 Å². The Bertz CT molecular complexity index is 615. The molecule has 0 aromatic heterocycles. The molecule has 0 saturated carbocycles. The topological polar surface area (TPSA) is 29.1 Å². The molecule has 0 fully saturated rings. The summed E-state index contributed by atoms with van der Waals surface area (Å²) in [5, 5.41) is 2.99. The minimum atomic E-state index is -0.0997. The third-order valence-electron chi connectivity index (χ3n) is 3.28. The lowest BCUT2D eigenvalue weighted by Gasteiger charge is -2.16. The Morgan fingerprint density at radius 3 is 2.57 bits per heavy atom. The number of amides is 1. The summed E-state index contributed by atoms with van der Waals surface area (Å²) in [5.74, 6) is 0.283. The Morgan fingerprint density at radius 1 is 1.24 bits per heavy atom. The van der Waals surface area contributed by atoms with Crippen molar-refractivity contribution in [3.05, 3.63) is 69.7 Å². The third-order valence-corrected chi connectivity index (χ3v) is 4.51. The molecule has 2 rings (SSSR count). The van der Waals surface area contributed by atoms with Crippen molar-refractivity contribution >= 4 is 33.4 Å². The van der Waals surface area contributed by atoms with E-state index in [1.54, 1.807) is 0 Å². The molecule has 0 spiro atoms. The Labute approximate surface area is 138 Å². The molecular formula is C17H17BrClNO. The van der Waals surface area contributed by atoms with Gasteiger partial charge in [-0.05, 0) is 36.6 Å². The van der Waals surface area contributed by atoms with Crippen molar-refractivity contribution in [1.29, 1.82) is 0 Å². The number of nitrogens with one attached hydrogen (secondary N) is 1. The predicted molar refractivity (Wildman–Crippen MR) is 91.0 cm³/mol. The van der Waals surface area contributed by atoms with Gasteiger partial charge in [0.1, 0.15) is 0 Å². The van der Waals surface area contributed by atoms with Crippen LogP contribution in [0.1, 0.15) is 21.5 Å². The Balaban J connectivity index is 2.04. The standard InChI is InChI=1S/C17H17BrClNO/c1-12-7-8-14(10-16(12)18)17(21)20-15(11-19)9-13-5-3-2-4-6-13/h2-8,10,15H,9,11H2,1H3,(H,20,21). The third kappa shape index (κ3) is 4.58. The normalized spacial score (nSPS) is 12.0. The van der Waals surface area contributed by atoms with E-state index in [1.807, 2.05) is 55.5 Å². The summed E-state index contributed by atoms with van der Waals surface area (Å²) < 4.78 is 0.931. The second kappa shape index (κ2) is 7.62. The van der Waals surface area contributed by atoms with Gasteiger partial charge in [0, 0.05) is 22.0 Å². The second-order valence-corrected chi connectivity index (χ2v) is 6.14. The summed E-state index contributed by atoms with van der Waals surface area (Å²) in [5.41, 5.74) is 2.90. The molecule has 0 saturated heterocycles. The van der Waals surface area contributed by atoms with Gasteiger partial charge >= 0.3 is 0 Å². The van der Waals surface area contributed by atoms with Crippen LogP contribution in [0, 0.1) is 6.92 Å². The van der Waals surface area contributed by atoms with Gasteiger partial charge in [0.15, 0.2) is 0 Å². The van der Waals surface area contributed by atoms with Crippen molar-refractivity contribution in [3.8, 4) is 0 Å². The lowest BCUT2D eigenvalue weighted by molar-refractivity contribution is 0.0940. The highest BCUT2D eigenvalue weighted by Gasteiger charge is 2.14. The van der Waals surface area contributed by atoms with Gasteiger partial charge in [0.2, 0.25) is 0 Å². The van der Waals surface area contributed by atoms with Gasteiger partial charge in [-0.1, -0.05) is 52.3 Å². The van der Waals surface area contributed by atoms with E-state index in [4.69, 9.17) is 11.6 Å². The van der Waals surface area contributed by atoms with Crippen LogP contribution >= 0.6 is 27.5 Å². The number of alkyl halides is 1. The molecule has 4 heteroatoms. The number of benzene rings is 2. The highest BCUT2D eigenvalue weighted by molar-refractivity contribution is 9.10. The molecule has 1 N–H and O–H groups in total. The van der Waals surface area contributed by atoms with Crippen LogP contribution in [0.3, 0.4) is 0 Å². The number of carbonyl (C=O) groups excluding carboxylic acids is 1. The largest absolute Gasteiger partial charge is 0.348 e. The number of hydrogen-bond acceptors (Lipinski definition) is 1. The van der Waals surface area contributed by atoms with Crippen LogP contribution in [0.15, 0.2) is 53.0 Å². The van der Waals surface area contributed by atoms with Gasteiger partial charge in [-0.3, -0.25) is 4.79 Å². The molecule has 0 aliphatic rings. The molecule has 1 unspecified atom stereocenters. The number of aryl methyl sites for hydroxylation is 1. The minimum Gasteiger partial charge on any atom is -0.348 e. The van der Waals surface area contributed by atoms with E-state index in [9.17, 15) is 4.79 Å². The monoisotopic (exact) mass is 365 g/mol. The summed E-state index contributed by atoms with van der Waals surface area (Å²) >= 11 is 9.43. The van der Waals surface area contributed by atoms with Crippen LogP contribution in [-0.2, 0) is 6.42 Å². The van der Waals surface area contributed by atoms with E-state index >= 15 is 0 Å². The molecule has 0 heterocycles. The molecule has 0 bridgehead atoms. The molecule has 21 heavy (non-hydrogen) atoms. The number of hydrogen-bond donors (Lipinski definition) is 1. The fraction of sp³-hybridized carbons (Fsp3) is 0.235. The quantitative estimate of drug-likeness (QED) is 0.784. The van der Waals surface area contributed by atoms with Crippen molar-refractivity contribution in [3.63, 3.8) is 0 Å². The number of carbonyl (C=O) groups is 1. The number of halogens is 2. The van der Waals surface area contributed by atoms with Gasteiger partial charge in [0.05, 0.1) is 0 Å². The maximum absolute atomic E-state index is 12.3. The summed E-state index contributed by atoms with van der Waals surface area (Å²) in [7, 11) is 0. The molecule has 2 aromatic rings. The van der Waals surface area contributed by atoms with Crippen molar-refractivity contribution in [1.82, 2.24) is 5.32 Å². The van der Waals surface area contributed by atoms with Crippen molar-refractivity contribution < 1.29 is 4.79 Å². The highest BCUT2D eigenvalue weighted by Crippen LogP contribution is 2.17. The predicted octanol–water partition coefficient (Wildman–Crippen LogP) is 4.34.